The Morgan fingerprint density at radius 2 is 2.27 bits per heavy atom. The van der Waals surface area contributed by atoms with E-state index in [1.165, 1.54) is 0 Å². The molecule has 0 fully saturated rings. The van der Waals surface area contributed by atoms with Crippen LogP contribution in [-0.2, 0) is 0 Å². The zero-order valence-electron chi connectivity index (χ0n) is 9.44. The number of aromatic nitrogens is 2. The molecule has 4 heteroatoms. The quantitative estimate of drug-likeness (QED) is 0.752. The van der Waals surface area contributed by atoms with Gasteiger partial charge in [0.25, 0.3) is 0 Å². The molecular weight excluding hydrogens is 188 g/mol. The minimum atomic E-state index is 0.374. The van der Waals surface area contributed by atoms with E-state index in [1.54, 1.807) is 12.3 Å². The number of nitrogens with zero attached hydrogens (tertiary/aromatic N) is 4. The molecule has 0 saturated carbocycles. The molecule has 1 aromatic rings. The second-order valence-corrected chi connectivity index (χ2v) is 3.42. The molecule has 15 heavy (non-hydrogen) atoms. The molecule has 0 N–H and O–H groups in total. The lowest BCUT2D eigenvalue weighted by Gasteiger charge is -2.28. The van der Waals surface area contributed by atoms with Crippen molar-refractivity contribution in [2.24, 2.45) is 0 Å². The molecule has 0 bridgehead atoms. The third-order valence-electron chi connectivity index (χ3n) is 2.56. The van der Waals surface area contributed by atoms with Crippen LogP contribution >= 0.6 is 0 Å². The van der Waals surface area contributed by atoms with Gasteiger partial charge in [-0.1, -0.05) is 6.92 Å². The first kappa shape index (κ1) is 11.4. The summed E-state index contributed by atoms with van der Waals surface area (Å²) < 4.78 is 0. The summed E-state index contributed by atoms with van der Waals surface area (Å²) in [4.78, 5) is 2.10. The van der Waals surface area contributed by atoms with Gasteiger partial charge in [0.1, 0.15) is 6.07 Å². The van der Waals surface area contributed by atoms with Gasteiger partial charge >= 0.3 is 0 Å². The van der Waals surface area contributed by atoms with E-state index in [0.717, 1.165) is 13.0 Å². The Kier molecular flexibility index (Phi) is 4.04. The zero-order valence-corrected chi connectivity index (χ0v) is 9.44. The largest absolute Gasteiger partial charge is 0.352 e. The van der Waals surface area contributed by atoms with Gasteiger partial charge in [0.2, 0.25) is 0 Å². The molecule has 0 amide bonds. The van der Waals surface area contributed by atoms with Crippen LogP contribution in [0.4, 0.5) is 5.82 Å². The van der Waals surface area contributed by atoms with E-state index in [9.17, 15) is 0 Å². The molecule has 1 aromatic heterocycles. The second-order valence-electron chi connectivity index (χ2n) is 3.42. The van der Waals surface area contributed by atoms with Crippen LogP contribution in [0.5, 0.6) is 0 Å². The van der Waals surface area contributed by atoms with Crippen molar-refractivity contribution in [2.75, 3.05) is 11.4 Å². The van der Waals surface area contributed by atoms with Gasteiger partial charge in [-0.25, -0.2) is 0 Å². The molecule has 0 aliphatic rings. The van der Waals surface area contributed by atoms with Crippen LogP contribution < -0.4 is 4.90 Å². The van der Waals surface area contributed by atoms with Crippen molar-refractivity contribution in [1.29, 1.82) is 5.26 Å². The summed E-state index contributed by atoms with van der Waals surface area (Å²) in [5.41, 5.74) is 0.590. The molecule has 0 radical (unpaired) electrons. The van der Waals surface area contributed by atoms with E-state index < -0.39 is 0 Å². The Bertz CT molecular complexity index is 356. The Morgan fingerprint density at radius 1 is 1.53 bits per heavy atom. The van der Waals surface area contributed by atoms with E-state index in [4.69, 9.17) is 5.26 Å². The molecule has 1 rings (SSSR count). The SMILES string of the molecule is CCC(C)N(CC)c1nnccc1C#N. The first-order chi connectivity index (χ1) is 7.24. The van der Waals surface area contributed by atoms with E-state index in [2.05, 4.69) is 41.9 Å². The van der Waals surface area contributed by atoms with Crippen molar-refractivity contribution < 1.29 is 0 Å². The number of hydrogen-bond donors (Lipinski definition) is 0. The van der Waals surface area contributed by atoms with Gasteiger partial charge in [-0.15, -0.1) is 5.10 Å². The summed E-state index contributed by atoms with van der Waals surface area (Å²) in [7, 11) is 0. The standard InChI is InChI=1S/C11H16N4/c1-4-9(3)15(5-2)11-10(8-12)6-7-13-14-11/h6-7,9H,4-5H2,1-3H3. The van der Waals surface area contributed by atoms with Gasteiger partial charge in [-0.3, -0.25) is 0 Å². The third-order valence-corrected chi connectivity index (χ3v) is 2.56. The monoisotopic (exact) mass is 204 g/mol. The molecule has 0 aromatic carbocycles. The minimum absolute atomic E-state index is 0.374. The molecule has 1 unspecified atom stereocenters. The van der Waals surface area contributed by atoms with E-state index in [0.29, 0.717) is 17.4 Å². The van der Waals surface area contributed by atoms with Crippen LogP contribution in [0.15, 0.2) is 12.3 Å². The second kappa shape index (κ2) is 5.30. The highest BCUT2D eigenvalue weighted by Crippen LogP contribution is 2.18. The Labute approximate surface area is 90.5 Å². The molecular formula is C11H16N4. The maximum absolute atomic E-state index is 8.97. The Balaban J connectivity index is 3.07. The molecule has 0 aliphatic heterocycles. The van der Waals surface area contributed by atoms with Crippen molar-refractivity contribution >= 4 is 5.82 Å². The zero-order chi connectivity index (χ0) is 11.3. The molecule has 0 saturated heterocycles. The first-order valence-corrected chi connectivity index (χ1v) is 5.23. The van der Waals surface area contributed by atoms with E-state index >= 15 is 0 Å². The van der Waals surface area contributed by atoms with Crippen LogP contribution in [0.2, 0.25) is 0 Å². The fourth-order valence-corrected chi connectivity index (χ4v) is 1.51. The predicted molar refractivity (Wildman–Crippen MR) is 59.5 cm³/mol. The molecule has 0 spiro atoms. The molecule has 1 atom stereocenters. The number of anilines is 1. The normalized spacial score (nSPS) is 11.9. The lowest BCUT2D eigenvalue weighted by atomic mass is 10.2. The maximum Gasteiger partial charge on any atom is 0.169 e. The minimum Gasteiger partial charge on any atom is -0.352 e. The summed E-state index contributed by atoms with van der Waals surface area (Å²) in [6.07, 6.45) is 2.57. The lowest BCUT2D eigenvalue weighted by Crippen LogP contribution is -2.33. The van der Waals surface area contributed by atoms with Gasteiger partial charge in [0, 0.05) is 12.6 Å². The third kappa shape index (κ3) is 2.44. The smallest absolute Gasteiger partial charge is 0.169 e. The van der Waals surface area contributed by atoms with Gasteiger partial charge in [-0.05, 0) is 26.3 Å². The highest BCUT2D eigenvalue weighted by molar-refractivity contribution is 5.52. The summed E-state index contributed by atoms with van der Waals surface area (Å²) in [6.45, 7) is 7.14. The topological polar surface area (TPSA) is 52.8 Å². The van der Waals surface area contributed by atoms with Crippen molar-refractivity contribution in [3.05, 3.63) is 17.8 Å². The number of rotatable bonds is 4. The van der Waals surface area contributed by atoms with Crippen LogP contribution in [0.25, 0.3) is 0 Å². The Hall–Kier alpha value is -1.63. The van der Waals surface area contributed by atoms with Gasteiger partial charge in [-0.2, -0.15) is 10.4 Å². The average Bonchev–Trinajstić information content (AvgIpc) is 2.30. The predicted octanol–water partition coefficient (Wildman–Crippen LogP) is 1.97. The van der Waals surface area contributed by atoms with Crippen molar-refractivity contribution in [3.8, 4) is 6.07 Å². The maximum atomic E-state index is 8.97. The van der Waals surface area contributed by atoms with Gasteiger partial charge < -0.3 is 4.90 Å². The van der Waals surface area contributed by atoms with Gasteiger partial charge in [0.05, 0.1) is 11.8 Å². The fourth-order valence-electron chi connectivity index (χ4n) is 1.51. The van der Waals surface area contributed by atoms with E-state index in [1.807, 2.05) is 0 Å². The number of hydrogen-bond acceptors (Lipinski definition) is 4. The van der Waals surface area contributed by atoms with Crippen LogP contribution in [0.3, 0.4) is 0 Å². The van der Waals surface area contributed by atoms with Crippen LogP contribution in [0, 0.1) is 11.3 Å². The molecule has 0 aliphatic carbocycles. The highest BCUT2D eigenvalue weighted by atomic mass is 15.3. The lowest BCUT2D eigenvalue weighted by molar-refractivity contribution is 0.618. The van der Waals surface area contributed by atoms with E-state index in [-0.39, 0.29) is 0 Å². The Morgan fingerprint density at radius 3 is 2.80 bits per heavy atom. The average molecular weight is 204 g/mol. The molecule has 4 nitrogen and oxygen atoms in total. The van der Waals surface area contributed by atoms with Crippen molar-refractivity contribution in [3.63, 3.8) is 0 Å². The van der Waals surface area contributed by atoms with Gasteiger partial charge in [0.15, 0.2) is 5.82 Å². The number of nitriles is 1. The highest BCUT2D eigenvalue weighted by Gasteiger charge is 2.16. The van der Waals surface area contributed by atoms with Crippen molar-refractivity contribution in [1.82, 2.24) is 10.2 Å². The van der Waals surface area contributed by atoms with Crippen molar-refractivity contribution in [2.45, 2.75) is 33.2 Å². The fraction of sp³-hybridized carbons (Fsp3) is 0.545. The van der Waals surface area contributed by atoms with Crippen LogP contribution in [-0.4, -0.2) is 22.8 Å². The summed E-state index contributed by atoms with van der Waals surface area (Å²) >= 11 is 0. The summed E-state index contributed by atoms with van der Waals surface area (Å²) in [5, 5.41) is 16.9. The summed E-state index contributed by atoms with van der Waals surface area (Å²) in [6, 6.07) is 4.22. The summed E-state index contributed by atoms with van der Waals surface area (Å²) in [5.74, 6) is 0.692. The first-order valence-electron chi connectivity index (χ1n) is 5.23. The molecule has 1 heterocycles. The molecule has 80 valence electrons. The van der Waals surface area contributed by atoms with Crippen LogP contribution in [0.1, 0.15) is 32.8 Å².